The Morgan fingerprint density at radius 2 is 2.14 bits per heavy atom. The van der Waals surface area contributed by atoms with Crippen LogP contribution in [0, 0.1) is 5.41 Å². The van der Waals surface area contributed by atoms with Gasteiger partial charge in [-0.05, 0) is 0 Å². The van der Waals surface area contributed by atoms with E-state index in [9.17, 15) is 14.4 Å². The summed E-state index contributed by atoms with van der Waals surface area (Å²) in [6.45, 7) is 0. The van der Waals surface area contributed by atoms with Gasteiger partial charge < -0.3 is 4.90 Å². The van der Waals surface area contributed by atoms with E-state index in [1.165, 1.54) is 14.1 Å². The van der Waals surface area contributed by atoms with Crippen LogP contribution < -0.4 is 5.32 Å². The van der Waals surface area contributed by atoms with Crippen molar-refractivity contribution in [2.45, 2.75) is 6.04 Å². The number of amides is 4. The van der Waals surface area contributed by atoms with Gasteiger partial charge in [-0.25, -0.2) is 4.79 Å². The highest BCUT2D eigenvalue weighted by atomic mass is 16.2. The molecule has 0 aromatic carbocycles. The lowest BCUT2D eigenvalue weighted by molar-refractivity contribution is -0.134. The Hall–Kier alpha value is -1.92. The molecule has 1 atom stereocenters. The van der Waals surface area contributed by atoms with Gasteiger partial charge in [-0.2, -0.15) is 0 Å². The molecule has 0 spiro atoms. The molecule has 0 aromatic heterocycles. The molecule has 0 saturated carbocycles. The van der Waals surface area contributed by atoms with Crippen molar-refractivity contribution >= 4 is 24.2 Å². The third-order valence-electron chi connectivity index (χ3n) is 1.96. The van der Waals surface area contributed by atoms with Crippen molar-refractivity contribution < 1.29 is 14.4 Å². The molecule has 1 heterocycles. The molecule has 4 amide bonds. The summed E-state index contributed by atoms with van der Waals surface area (Å²) < 4.78 is 0. The predicted molar refractivity (Wildman–Crippen MR) is 46.6 cm³/mol. The largest absolute Gasteiger partial charge is 0.330 e. The van der Waals surface area contributed by atoms with Gasteiger partial charge in [0, 0.05) is 14.1 Å². The first-order chi connectivity index (χ1) is 6.49. The molecule has 1 aliphatic rings. The number of rotatable bonds is 2. The van der Waals surface area contributed by atoms with E-state index < -0.39 is 18.0 Å². The fourth-order valence-electron chi connectivity index (χ4n) is 1.11. The van der Waals surface area contributed by atoms with Crippen molar-refractivity contribution in [2.75, 3.05) is 14.1 Å². The van der Waals surface area contributed by atoms with E-state index in [1.807, 2.05) is 0 Å². The Balaban J connectivity index is 2.95. The summed E-state index contributed by atoms with van der Waals surface area (Å²) in [4.78, 5) is 34.8. The molecule has 14 heavy (non-hydrogen) atoms. The number of hydrogen-bond acceptors (Lipinski definition) is 4. The van der Waals surface area contributed by atoms with Gasteiger partial charge in [-0.1, -0.05) is 0 Å². The number of carbonyl (C=O) groups excluding carboxylic acids is 3. The van der Waals surface area contributed by atoms with E-state index in [4.69, 9.17) is 5.41 Å². The van der Waals surface area contributed by atoms with Gasteiger partial charge in [-0.3, -0.25) is 25.2 Å². The molecule has 0 bridgehead atoms. The van der Waals surface area contributed by atoms with Crippen molar-refractivity contribution in [1.29, 1.82) is 5.41 Å². The van der Waals surface area contributed by atoms with Crippen LogP contribution in [0.4, 0.5) is 4.79 Å². The van der Waals surface area contributed by atoms with Gasteiger partial charge in [0.15, 0.2) is 6.04 Å². The molecule has 1 fully saturated rings. The third-order valence-corrected chi connectivity index (χ3v) is 1.96. The Kier molecular flexibility index (Phi) is 2.50. The monoisotopic (exact) mass is 198 g/mol. The summed E-state index contributed by atoms with van der Waals surface area (Å²) in [7, 11) is 2.66. The molecule has 2 N–H and O–H groups in total. The summed E-state index contributed by atoms with van der Waals surface area (Å²) in [5.41, 5.74) is 0. The van der Waals surface area contributed by atoms with Gasteiger partial charge in [0.25, 0.3) is 5.91 Å². The number of nitrogens with zero attached hydrogens (tertiary/aromatic N) is 2. The van der Waals surface area contributed by atoms with Crippen molar-refractivity contribution in [1.82, 2.24) is 15.1 Å². The van der Waals surface area contributed by atoms with Gasteiger partial charge in [0.1, 0.15) is 5.84 Å². The summed E-state index contributed by atoms with van der Waals surface area (Å²) in [6.07, 6.45) is 0.433. The fraction of sp³-hybridized carbons (Fsp3) is 0.429. The highest BCUT2D eigenvalue weighted by molar-refractivity contribution is 6.20. The van der Waals surface area contributed by atoms with Crippen LogP contribution in [0.3, 0.4) is 0 Å². The van der Waals surface area contributed by atoms with Crippen molar-refractivity contribution in [3.05, 3.63) is 0 Å². The number of imide groups is 1. The summed E-state index contributed by atoms with van der Waals surface area (Å²) in [6, 6.07) is -1.69. The first-order valence-corrected chi connectivity index (χ1v) is 3.83. The zero-order chi connectivity index (χ0) is 10.9. The quantitative estimate of drug-likeness (QED) is 0.534. The Bertz CT molecular complexity index is 314. The molecule has 7 heteroatoms. The van der Waals surface area contributed by atoms with E-state index in [1.54, 1.807) is 0 Å². The van der Waals surface area contributed by atoms with Crippen molar-refractivity contribution in [2.24, 2.45) is 0 Å². The lowest BCUT2D eigenvalue weighted by Gasteiger charge is -2.32. The van der Waals surface area contributed by atoms with Crippen molar-refractivity contribution in [3.8, 4) is 0 Å². The number of likely N-dealkylation sites (N-methyl/N-ethyl adjacent to an activating group) is 2. The average Bonchev–Trinajstić information content (AvgIpc) is 2.14. The van der Waals surface area contributed by atoms with Crippen LogP contribution in [0.1, 0.15) is 0 Å². The molecule has 1 aliphatic heterocycles. The molecular weight excluding hydrogens is 188 g/mol. The van der Waals surface area contributed by atoms with Crippen LogP contribution in [0.2, 0.25) is 0 Å². The van der Waals surface area contributed by atoms with Gasteiger partial charge in [0.05, 0.1) is 0 Å². The Morgan fingerprint density at radius 1 is 1.57 bits per heavy atom. The molecule has 0 aromatic rings. The van der Waals surface area contributed by atoms with E-state index in [0.717, 1.165) is 9.80 Å². The first-order valence-electron chi connectivity index (χ1n) is 3.83. The zero-order valence-electron chi connectivity index (χ0n) is 7.77. The topological polar surface area (TPSA) is 93.6 Å². The predicted octanol–water partition coefficient (Wildman–Crippen LogP) is -1.40. The SMILES string of the molecule is CN1C(=O)NC(=N)C(N(C)C=O)C1=O. The molecule has 76 valence electrons. The zero-order valence-corrected chi connectivity index (χ0v) is 7.77. The van der Waals surface area contributed by atoms with Crippen LogP contribution in [-0.2, 0) is 9.59 Å². The van der Waals surface area contributed by atoms with Gasteiger partial charge in [-0.15, -0.1) is 0 Å². The standard InChI is InChI=1S/C7H10N4O3/c1-10(3-12)4-5(8)9-7(14)11(2)6(4)13/h3-4H,1-2H3,(H2,8,9,14). The first kappa shape index (κ1) is 10.2. The van der Waals surface area contributed by atoms with Crippen LogP contribution in [-0.4, -0.2) is 54.1 Å². The number of carbonyl (C=O) groups is 3. The van der Waals surface area contributed by atoms with E-state index >= 15 is 0 Å². The molecule has 1 saturated heterocycles. The highest BCUT2D eigenvalue weighted by Crippen LogP contribution is 2.05. The van der Waals surface area contributed by atoms with Gasteiger partial charge >= 0.3 is 6.03 Å². The normalized spacial score (nSPS) is 22.0. The maximum atomic E-state index is 11.5. The summed E-state index contributed by atoms with van der Waals surface area (Å²) >= 11 is 0. The number of nitrogens with one attached hydrogen (secondary N) is 2. The van der Waals surface area contributed by atoms with E-state index in [2.05, 4.69) is 5.32 Å². The molecule has 0 radical (unpaired) electrons. The second kappa shape index (κ2) is 3.44. The lowest BCUT2D eigenvalue weighted by atomic mass is 10.2. The number of hydrogen-bond donors (Lipinski definition) is 2. The molecule has 1 rings (SSSR count). The Morgan fingerprint density at radius 3 is 2.64 bits per heavy atom. The van der Waals surface area contributed by atoms with Gasteiger partial charge in [0.2, 0.25) is 6.41 Å². The highest BCUT2D eigenvalue weighted by Gasteiger charge is 2.38. The average molecular weight is 198 g/mol. The maximum Gasteiger partial charge on any atom is 0.329 e. The fourth-order valence-corrected chi connectivity index (χ4v) is 1.11. The second-order valence-electron chi connectivity index (χ2n) is 2.91. The van der Waals surface area contributed by atoms with Crippen molar-refractivity contribution in [3.63, 3.8) is 0 Å². The minimum atomic E-state index is -1.03. The third kappa shape index (κ3) is 1.43. The number of urea groups is 1. The summed E-state index contributed by atoms with van der Waals surface area (Å²) in [5.74, 6) is -0.874. The van der Waals surface area contributed by atoms with Crippen LogP contribution >= 0.6 is 0 Å². The molecule has 0 aliphatic carbocycles. The summed E-state index contributed by atoms with van der Waals surface area (Å²) in [5, 5.41) is 9.52. The van der Waals surface area contributed by atoms with Crippen LogP contribution in [0.5, 0.6) is 0 Å². The minimum Gasteiger partial charge on any atom is -0.330 e. The minimum absolute atomic E-state index is 0.285. The molecule has 7 nitrogen and oxygen atoms in total. The van der Waals surface area contributed by atoms with Crippen LogP contribution in [0.25, 0.3) is 0 Å². The van der Waals surface area contributed by atoms with E-state index in [0.29, 0.717) is 6.41 Å². The van der Waals surface area contributed by atoms with E-state index in [-0.39, 0.29) is 5.84 Å². The lowest BCUT2D eigenvalue weighted by Crippen LogP contribution is -2.63. The second-order valence-corrected chi connectivity index (χ2v) is 2.91. The smallest absolute Gasteiger partial charge is 0.329 e. The number of amidine groups is 1. The Labute approximate surface area is 80.2 Å². The molecule has 1 unspecified atom stereocenters. The molecular formula is C7H10N4O3. The van der Waals surface area contributed by atoms with Crippen LogP contribution in [0.15, 0.2) is 0 Å². The maximum absolute atomic E-state index is 11.5.